The quantitative estimate of drug-likeness (QED) is 0.810. The van der Waals surface area contributed by atoms with Crippen LogP contribution in [0, 0.1) is 0 Å². The molecule has 2 aromatic rings. The summed E-state index contributed by atoms with van der Waals surface area (Å²) >= 11 is 0. The molecule has 16 heavy (non-hydrogen) atoms. The third-order valence-corrected chi connectivity index (χ3v) is 2.45. The Bertz CT molecular complexity index is 406. The lowest BCUT2D eigenvalue weighted by Gasteiger charge is -2.00. The molecule has 0 aliphatic heterocycles. The zero-order valence-corrected chi connectivity index (χ0v) is 9.40. The van der Waals surface area contributed by atoms with E-state index in [0.29, 0.717) is 0 Å². The van der Waals surface area contributed by atoms with Gasteiger partial charge in [0.1, 0.15) is 11.5 Å². The van der Waals surface area contributed by atoms with Crippen LogP contribution in [0.4, 0.5) is 0 Å². The number of furan rings is 1. The van der Waals surface area contributed by atoms with Gasteiger partial charge in [-0.3, -0.25) is 0 Å². The maximum absolute atomic E-state index is 5.37. The zero-order valence-electron chi connectivity index (χ0n) is 9.40. The molecule has 0 unspecified atom stereocenters. The molecule has 0 saturated heterocycles. The van der Waals surface area contributed by atoms with Crippen molar-refractivity contribution in [3.63, 3.8) is 0 Å². The highest BCUT2D eigenvalue weighted by atomic mass is 16.3. The maximum atomic E-state index is 5.37. The molecule has 0 saturated carbocycles. The van der Waals surface area contributed by atoms with E-state index in [0.717, 1.165) is 43.1 Å². The van der Waals surface area contributed by atoms with E-state index in [1.54, 1.807) is 6.26 Å². The fourth-order valence-corrected chi connectivity index (χ4v) is 1.58. The van der Waals surface area contributed by atoms with E-state index < -0.39 is 0 Å². The Morgan fingerprint density at radius 3 is 3.00 bits per heavy atom. The molecule has 0 radical (unpaired) electrons. The van der Waals surface area contributed by atoms with Gasteiger partial charge >= 0.3 is 0 Å². The summed E-state index contributed by atoms with van der Waals surface area (Å²) in [6.45, 7) is 3.77. The van der Waals surface area contributed by atoms with Gasteiger partial charge in [0.25, 0.3) is 0 Å². The molecule has 0 aromatic carbocycles. The third-order valence-electron chi connectivity index (χ3n) is 2.45. The molecule has 0 atom stereocenters. The van der Waals surface area contributed by atoms with Gasteiger partial charge in [0, 0.05) is 19.4 Å². The van der Waals surface area contributed by atoms with Crippen LogP contribution in [0.2, 0.25) is 0 Å². The van der Waals surface area contributed by atoms with Crippen molar-refractivity contribution in [2.45, 2.75) is 26.3 Å². The van der Waals surface area contributed by atoms with Crippen molar-refractivity contribution in [2.24, 2.45) is 0 Å². The molecular formula is C12H16N2O2. The van der Waals surface area contributed by atoms with Gasteiger partial charge in [-0.05, 0) is 18.7 Å². The van der Waals surface area contributed by atoms with Crippen molar-refractivity contribution in [3.05, 3.63) is 42.0 Å². The van der Waals surface area contributed by atoms with Gasteiger partial charge in [0.05, 0.1) is 12.0 Å². The summed E-state index contributed by atoms with van der Waals surface area (Å²) in [5.41, 5.74) is 0.994. The molecule has 2 aromatic heterocycles. The second kappa shape index (κ2) is 5.51. The van der Waals surface area contributed by atoms with Gasteiger partial charge in [-0.1, -0.05) is 6.92 Å². The van der Waals surface area contributed by atoms with Crippen LogP contribution >= 0.6 is 0 Å². The summed E-state index contributed by atoms with van der Waals surface area (Å²) < 4.78 is 10.6. The van der Waals surface area contributed by atoms with Crippen LogP contribution in [0.1, 0.15) is 24.1 Å². The minimum Gasteiger partial charge on any atom is -0.469 e. The van der Waals surface area contributed by atoms with Crippen LogP contribution in [0.15, 0.2) is 33.6 Å². The van der Waals surface area contributed by atoms with E-state index in [9.17, 15) is 0 Å². The molecule has 0 aliphatic rings. The van der Waals surface area contributed by atoms with E-state index >= 15 is 0 Å². The average Bonchev–Trinajstić information content (AvgIpc) is 2.94. The van der Waals surface area contributed by atoms with E-state index in [1.807, 2.05) is 12.1 Å². The number of nitrogens with zero attached hydrogens (tertiary/aromatic N) is 1. The number of hydrogen-bond donors (Lipinski definition) is 1. The second-order valence-corrected chi connectivity index (χ2v) is 3.58. The summed E-state index contributed by atoms with van der Waals surface area (Å²) in [5, 5.41) is 3.24. The van der Waals surface area contributed by atoms with Crippen LogP contribution in [-0.4, -0.2) is 11.5 Å². The molecule has 4 nitrogen and oxygen atoms in total. The highest BCUT2D eigenvalue weighted by Crippen LogP contribution is 2.11. The first-order valence-corrected chi connectivity index (χ1v) is 5.54. The topological polar surface area (TPSA) is 51.2 Å². The van der Waals surface area contributed by atoms with Crippen molar-refractivity contribution < 1.29 is 8.83 Å². The summed E-state index contributed by atoms with van der Waals surface area (Å²) in [6, 6.07) is 3.87. The summed E-state index contributed by atoms with van der Waals surface area (Å²) in [7, 11) is 0. The van der Waals surface area contributed by atoms with E-state index in [4.69, 9.17) is 8.83 Å². The number of aryl methyl sites for hydroxylation is 2. The van der Waals surface area contributed by atoms with E-state index in [-0.39, 0.29) is 0 Å². The van der Waals surface area contributed by atoms with Crippen molar-refractivity contribution in [2.75, 3.05) is 6.54 Å². The predicted octanol–water partition coefficient (Wildman–Crippen LogP) is 2.16. The van der Waals surface area contributed by atoms with Crippen LogP contribution in [0.5, 0.6) is 0 Å². The summed E-state index contributed by atoms with van der Waals surface area (Å²) in [5.74, 6) is 1.92. The van der Waals surface area contributed by atoms with Crippen molar-refractivity contribution in [1.29, 1.82) is 0 Å². The molecule has 4 heteroatoms. The van der Waals surface area contributed by atoms with Gasteiger partial charge in [-0.15, -0.1) is 0 Å². The fourth-order valence-electron chi connectivity index (χ4n) is 1.58. The van der Waals surface area contributed by atoms with Crippen LogP contribution in [0.25, 0.3) is 0 Å². The van der Waals surface area contributed by atoms with E-state index in [1.165, 1.54) is 6.39 Å². The Labute approximate surface area is 94.7 Å². The summed E-state index contributed by atoms with van der Waals surface area (Å²) in [4.78, 5) is 4.19. The Morgan fingerprint density at radius 2 is 2.25 bits per heavy atom. The highest BCUT2D eigenvalue weighted by molar-refractivity contribution is 5.09. The largest absolute Gasteiger partial charge is 0.469 e. The molecule has 0 bridgehead atoms. The Kier molecular flexibility index (Phi) is 3.77. The molecule has 2 rings (SSSR count). The maximum Gasteiger partial charge on any atom is 0.181 e. The summed E-state index contributed by atoms with van der Waals surface area (Å²) in [6.07, 6.45) is 4.87. The Morgan fingerprint density at radius 1 is 1.31 bits per heavy atom. The predicted molar refractivity (Wildman–Crippen MR) is 60.0 cm³/mol. The normalized spacial score (nSPS) is 10.8. The lowest BCUT2D eigenvalue weighted by atomic mass is 10.2. The number of nitrogens with one attached hydrogen (secondary N) is 1. The van der Waals surface area contributed by atoms with Gasteiger partial charge in [-0.25, -0.2) is 4.98 Å². The molecule has 1 N–H and O–H groups in total. The molecule has 0 spiro atoms. The molecule has 0 fully saturated rings. The van der Waals surface area contributed by atoms with Crippen molar-refractivity contribution in [1.82, 2.24) is 10.3 Å². The first-order chi connectivity index (χ1) is 7.90. The standard InChI is InChI=1S/C12H16N2O2/c1-2-13-8-11-12(16-9-14-11)6-5-10-4-3-7-15-10/h3-4,7,9,13H,2,5-6,8H2,1H3. The highest BCUT2D eigenvalue weighted by Gasteiger charge is 2.08. The zero-order chi connectivity index (χ0) is 11.2. The van der Waals surface area contributed by atoms with Crippen LogP contribution in [-0.2, 0) is 19.4 Å². The minimum atomic E-state index is 0.764. The first kappa shape index (κ1) is 11.0. The van der Waals surface area contributed by atoms with Crippen LogP contribution in [0.3, 0.4) is 0 Å². The lowest BCUT2D eigenvalue weighted by molar-refractivity contribution is 0.469. The molecule has 86 valence electrons. The van der Waals surface area contributed by atoms with Gasteiger partial charge in [0.15, 0.2) is 6.39 Å². The Balaban J connectivity index is 1.91. The third kappa shape index (κ3) is 2.73. The SMILES string of the molecule is CCNCc1ncoc1CCc1ccco1. The monoisotopic (exact) mass is 220 g/mol. The number of hydrogen-bond acceptors (Lipinski definition) is 4. The van der Waals surface area contributed by atoms with E-state index in [2.05, 4.69) is 17.2 Å². The van der Waals surface area contributed by atoms with Gasteiger partial charge in [-0.2, -0.15) is 0 Å². The Hall–Kier alpha value is -1.55. The minimum absolute atomic E-state index is 0.764. The smallest absolute Gasteiger partial charge is 0.181 e. The van der Waals surface area contributed by atoms with Gasteiger partial charge in [0.2, 0.25) is 0 Å². The number of aromatic nitrogens is 1. The fraction of sp³-hybridized carbons (Fsp3) is 0.417. The second-order valence-electron chi connectivity index (χ2n) is 3.58. The van der Waals surface area contributed by atoms with Crippen LogP contribution < -0.4 is 5.32 Å². The van der Waals surface area contributed by atoms with Crippen molar-refractivity contribution >= 4 is 0 Å². The molecule has 0 amide bonds. The number of oxazole rings is 1. The molecule has 0 aliphatic carbocycles. The molecule has 2 heterocycles. The van der Waals surface area contributed by atoms with Gasteiger partial charge < -0.3 is 14.2 Å². The lowest BCUT2D eigenvalue weighted by Crippen LogP contribution is -2.13. The van der Waals surface area contributed by atoms with Crippen molar-refractivity contribution in [3.8, 4) is 0 Å². The number of rotatable bonds is 6. The first-order valence-electron chi connectivity index (χ1n) is 5.54. The average molecular weight is 220 g/mol. The molecular weight excluding hydrogens is 204 g/mol.